The molecule has 0 spiro atoms. The molecular formula is C27H34N2O5. The smallest absolute Gasteiger partial charge is 0.407 e. The van der Waals surface area contributed by atoms with Gasteiger partial charge in [0.2, 0.25) is 5.91 Å². The van der Waals surface area contributed by atoms with Gasteiger partial charge in [0, 0.05) is 17.9 Å². The first-order chi connectivity index (χ1) is 15.9. The van der Waals surface area contributed by atoms with Crippen molar-refractivity contribution in [3.8, 4) is 11.1 Å². The quantitative estimate of drug-likeness (QED) is 0.523. The lowest BCUT2D eigenvalue weighted by Gasteiger charge is -2.34. The molecule has 0 bridgehead atoms. The fourth-order valence-corrected chi connectivity index (χ4v) is 4.32. The summed E-state index contributed by atoms with van der Waals surface area (Å²) in [4.78, 5) is 36.7. The lowest BCUT2D eigenvalue weighted by atomic mass is 9.85. The van der Waals surface area contributed by atoms with Crippen LogP contribution in [0.1, 0.15) is 64.5 Å². The second-order valence-corrected chi connectivity index (χ2v) is 10.5. The molecule has 3 N–H and O–H groups in total. The van der Waals surface area contributed by atoms with Crippen LogP contribution in [0.15, 0.2) is 48.5 Å². The summed E-state index contributed by atoms with van der Waals surface area (Å²) in [5.74, 6) is -1.38. The van der Waals surface area contributed by atoms with Crippen molar-refractivity contribution in [3.63, 3.8) is 0 Å². The number of nitrogens with one attached hydrogen (secondary N) is 2. The predicted molar refractivity (Wildman–Crippen MR) is 131 cm³/mol. The minimum atomic E-state index is -0.925. The molecule has 1 atom stereocenters. The number of ether oxygens (including phenoxy) is 1. The number of alkyl carbamates (subject to hydrolysis) is 1. The molecule has 0 heterocycles. The normalized spacial score (nSPS) is 14.0. The Bertz CT molecular complexity index is 1030. The third-order valence-electron chi connectivity index (χ3n) is 6.16. The van der Waals surface area contributed by atoms with E-state index in [0.717, 1.165) is 22.3 Å². The van der Waals surface area contributed by atoms with E-state index in [0.29, 0.717) is 0 Å². The summed E-state index contributed by atoms with van der Waals surface area (Å²) >= 11 is 0. The van der Waals surface area contributed by atoms with Gasteiger partial charge >= 0.3 is 12.1 Å². The van der Waals surface area contributed by atoms with Gasteiger partial charge < -0.3 is 20.5 Å². The van der Waals surface area contributed by atoms with Crippen molar-refractivity contribution in [2.24, 2.45) is 5.41 Å². The molecule has 2 amide bonds. The third-order valence-corrected chi connectivity index (χ3v) is 6.16. The van der Waals surface area contributed by atoms with Gasteiger partial charge in [0.1, 0.15) is 12.6 Å². The van der Waals surface area contributed by atoms with Gasteiger partial charge in [-0.3, -0.25) is 9.59 Å². The first-order valence-corrected chi connectivity index (χ1v) is 11.5. The number of aliphatic carboxylic acids is 1. The minimum absolute atomic E-state index is 0.0622. The van der Waals surface area contributed by atoms with Gasteiger partial charge in [-0.15, -0.1) is 0 Å². The second kappa shape index (κ2) is 9.87. The topological polar surface area (TPSA) is 105 Å². The number of carboxylic acids is 1. The summed E-state index contributed by atoms with van der Waals surface area (Å²) in [6.45, 7) is 9.24. The monoisotopic (exact) mass is 466 g/mol. The molecule has 0 aliphatic heterocycles. The zero-order valence-electron chi connectivity index (χ0n) is 20.5. The highest BCUT2D eigenvalue weighted by atomic mass is 16.5. The maximum absolute atomic E-state index is 13.0. The van der Waals surface area contributed by atoms with Crippen molar-refractivity contribution < 1.29 is 24.2 Å². The fourth-order valence-electron chi connectivity index (χ4n) is 4.32. The van der Waals surface area contributed by atoms with Gasteiger partial charge in [-0.05, 0) is 47.9 Å². The Morgan fingerprint density at radius 1 is 0.941 bits per heavy atom. The molecule has 1 aliphatic carbocycles. The van der Waals surface area contributed by atoms with E-state index in [1.807, 2.05) is 57.2 Å². The van der Waals surface area contributed by atoms with Gasteiger partial charge in [-0.25, -0.2) is 4.79 Å². The number of carbonyl (C=O) groups is 3. The van der Waals surface area contributed by atoms with Crippen molar-refractivity contribution in [3.05, 3.63) is 59.7 Å². The van der Waals surface area contributed by atoms with Gasteiger partial charge in [-0.2, -0.15) is 0 Å². The Labute approximate surface area is 200 Å². The van der Waals surface area contributed by atoms with E-state index in [4.69, 9.17) is 9.84 Å². The van der Waals surface area contributed by atoms with Crippen LogP contribution in [0.4, 0.5) is 4.79 Å². The van der Waals surface area contributed by atoms with Crippen molar-refractivity contribution in [1.82, 2.24) is 10.6 Å². The van der Waals surface area contributed by atoms with Gasteiger partial charge in [0.15, 0.2) is 0 Å². The molecule has 0 fully saturated rings. The maximum atomic E-state index is 13.0. The third kappa shape index (κ3) is 5.95. The largest absolute Gasteiger partial charge is 0.481 e. The molecule has 0 aromatic heterocycles. The number of carbonyl (C=O) groups excluding carboxylic acids is 2. The van der Waals surface area contributed by atoms with Crippen molar-refractivity contribution in [2.75, 3.05) is 6.61 Å². The zero-order chi connectivity index (χ0) is 25.1. The molecule has 0 saturated carbocycles. The van der Waals surface area contributed by atoms with Crippen LogP contribution in [-0.4, -0.2) is 41.3 Å². The van der Waals surface area contributed by atoms with E-state index >= 15 is 0 Å². The average molecular weight is 467 g/mol. The van der Waals surface area contributed by atoms with Gasteiger partial charge in [0.05, 0.1) is 0 Å². The van der Waals surface area contributed by atoms with E-state index in [-0.39, 0.29) is 31.3 Å². The highest BCUT2D eigenvalue weighted by Crippen LogP contribution is 2.44. The lowest BCUT2D eigenvalue weighted by Crippen LogP contribution is -2.58. The van der Waals surface area contributed by atoms with Crippen LogP contribution < -0.4 is 10.6 Å². The van der Waals surface area contributed by atoms with Crippen LogP contribution in [0.2, 0.25) is 0 Å². The zero-order valence-corrected chi connectivity index (χ0v) is 20.5. The molecule has 34 heavy (non-hydrogen) atoms. The first-order valence-electron chi connectivity index (χ1n) is 11.5. The maximum Gasteiger partial charge on any atom is 0.407 e. The molecule has 182 valence electrons. The predicted octanol–water partition coefficient (Wildman–Crippen LogP) is 4.70. The Hall–Kier alpha value is -3.35. The molecule has 2 aromatic carbocycles. The van der Waals surface area contributed by atoms with Crippen molar-refractivity contribution >= 4 is 18.0 Å². The number of hydrogen-bond donors (Lipinski definition) is 3. The number of benzene rings is 2. The number of hydrogen-bond acceptors (Lipinski definition) is 4. The van der Waals surface area contributed by atoms with E-state index in [1.165, 1.54) is 0 Å². The van der Waals surface area contributed by atoms with Gasteiger partial charge in [-0.1, -0.05) is 69.3 Å². The molecular weight excluding hydrogens is 432 g/mol. The highest BCUT2D eigenvalue weighted by Gasteiger charge is 2.36. The molecule has 3 rings (SSSR count). The van der Waals surface area contributed by atoms with Crippen LogP contribution in [0.3, 0.4) is 0 Å². The summed E-state index contributed by atoms with van der Waals surface area (Å²) in [6, 6.07) is 15.3. The molecule has 1 aliphatic rings. The Kier molecular flexibility index (Phi) is 7.34. The van der Waals surface area contributed by atoms with Crippen molar-refractivity contribution in [2.45, 2.75) is 65.0 Å². The number of amides is 2. The minimum Gasteiger partial charge on any atom is -0.481 e. The Balaban J connectivity index is 1.67. The Morgan fingerprint density at radius 3 is 1.97 bits per heavy atom. The Morgan fingerprint density at radius 2 is 1.47 bits per heavy atom. The van der Waals surface area contributed by atoms with Crippen LogP contribution in [0.25, 0.3) is 11.1 Å². The van der Waals surface area contributed by atoms with E-state index < -0.39 is 29.1 Å². The summed E-state index contributed by atoms with van der Waals surface area (Å²) in [7, 11) is 0. The summed E-state index contributed by atoms with van der Waals surface area (Å²) < 4.78 is 5.62. The summed E-state index contributed by atoms with van der Waals surface area (Å²) in [6.07, 6.45) is -0.455. The van der Waals surface area contributed by atoms with Crippen LogP contribution in [-0.2, 0) is 14.3 Å². The van der Waals surface area contributed by atoms with Gasteiger partial charge in [0.25, 0.3) is 0 Å². The van der Waals surface area contributed by atoms with E-state index in [9.17, 15) is 14.4 Å². The van der Waals surface area contributed by atoms with Crippen LogP contribution >= 0.6 is 0 Å². The molecule has 0 saturated heterocycles. The van der Waals surface area contributed by atoms with Crippen LogP contribution in [0.5, 0.6) is 0 Å². The lowest BCUT2D eigenvalue weighted by molar-refractivity contribution is -0.138. The van der Waals surface area contributed by atoms with E-state index in [2.05, 4.69) is 22.8 Å². The molecule has 0 radical (unpaired) electrons. The standard InChI is InChI=1S/C27H34N2O5/c1-26(2,3)23(24(32)29-27(4,5)15-14-22(30)31)28-25(33)34-16-21-19-12-8-6-10-17(19)18-11-7-9-13-20(18)21/h6-13,21,23H,14-16H2,1-5H3,(H,28,33)(H,29,32)(H,30,31). The average Bonchev–Trinajstić information content (AvgIpc) is 3.07. The van der Waals surface area contributed by atoms with E-state index in [1.54, 1.807) is 13.8 Å². The number of fused-ring (bicyclic) bond motifs is 3. The second-order valence-electron chi connectivity index (χ2n) is 10.5. The first kappa shape index (κ1) is 25.3. The SMILES string of the molecule is CC(C)(CCC(=O)O)NC(=O)C(NC(=O)OCC1c2ccccc2-c2ccccc21)C(C)(C)C. The van der Waals surface area contributed by atoms with Crippen molar-refractivity contribution in [1.29, 1.82) is 0 Å². The van der Waals surface area contributed by atoms with Crippen LogP contribution in [0, 0.1) is 5.41 Å². The molecule has 1 unspecified atom stereocenters. The fraction of sp³-hybridized carbons (Fsp3) is 0.444. The number of rotatable bonds is 8. The molecule has 7 nitrogen and oxygen atoms in total. The highest BCUT2D eigenvalue weighted by molar-refractivity contribution is 5.87. The molecule has 2 aromatic rings. The molecule has 7 heteroatoms. The summed E-state index contributed by atoms with van der Waals surface area (Å²) in [5.41, 5.74) is 3.19. The number of carboxylic acid groups (broad SMARTS) is 1. The summed E-state index contributed by atoms with van der Waals surface area (Å²) in [5, 5.41) is 14.6.